The van der Waals surface area contributed by atoms with Crippen LogP contribution in [-0.4, -0.2) is 49.1 Å². The van der Waals surface area contributed by atoms with E-state index in [1.807, 2.05) is 0 Å². The maximum atomic E-state index is 12.3. The lowest BCUT2D eigenvalue weighted by molar-refractivity contribution is 0.0852. The maximum absolute atomic E-state index is 12.3. The number of carbonyl (C=O) groups excluding carboxylic acids is 1. The molecule has 2 aliphatic heterocycles. The van der Waals surface area contributed by atoms with Crippen molar-refractivity contribution in [3.05, 3.63) is 17.0 Å². The SMILES string of the molecule is Cn1nc(C(=O)NC[C@@H]2CCCO2)c2c1CCS(=O)(=O)C2. The number of carbonyl (C=O) groups is 1. The molecule has 0 spiro atoms. The largest absolute Gasteiger partial charge is 0.376 e. The van der Waals surface area contributed by atoms with Crippen LogP contribution < -0.4 is 5.32 Å². The Morgan fingerprint density at radius 3 is 3.05 bits per heavy atom. The Bertz CT molecular complexity index is 659. The van der Waals surface area contributed by atoms with Crippen molar-refractivity contribution < 1.29 is 17.9 Å². The highest BCUT2D eigenvalue weighted by molar-refractivity contribution is 7.90. The molecule has 0 radical (unpaired) electrons. The van der Waals surface area contributed by atoms with Crippen molar-refractivity contribution in [3.63, 3.8) is 0 Å². The number of hydrogen-bond acceptors (Lipinski definition) is 5. The first kappa shape index (κ1) is 14.5. The first-order valence-corrected chi connectivity index (χ1v) is 8.93. The summed E-state index contributed by atoms with van der Waals surface area (Å²) in [4.78, 5) is 12.3. The van der Waals surface area contributed by atoms with Crippen LogP contribution in [0.4, 0.5) is 0 Å². The van der Waals surface area contributed by atoms with Crippen LogP contribution in [0, 0.1) is 0 Å². The van der Waals surface area contributed by atoms with Gasteiger partial charge in [-0.1, -0.05) is 0 Å². The van der Waals surface area contributed by atoms with Crippen LogP contribution in [0.1, 0.15) is 34.6 Å². The average Bonchev–Trinajstić information content (AvgIpc) is 3.03. The van der Waals surface area contributed by atoms with Crippen LogP contribution in [0.15, 0.2) is 0 Å². The fourth-order valence-electron chi connectivity index (χ4n) is 2.89. The van der Waals surface area contributed by atoms with E-state index in [4.69, 9.17) is 4.74 Å². The van der Waals surface area contributed by atoms with Gasteiger partial charge in [0.15, 0.2) is 15.5 Å². The van der Waals surface area contributed by atoms with Crippen molar-refractivity contribution in [1.29, 1.82) is 0 Å². The van der Waals surface area contributed by atoms with Crippen molar-refractivity contribution in [1.82, 2.24) is 15.1 Å². The summed E-state index contributed by atoms with van der Waals surface area (Å²) in [6, 6.07) is 0. The van der Waals surface area contributed by atoms with E-state index in [-0.39, 0.29) is 29.2 Å². The van der Waals surface area contributed by atoms with Crippen LogP contribution in [0.3, 0.4) is 0 Å². The predicted molar refractivity (Wildman–Crippen MR) is 75.7 cm³/mol. The minimum absolute atomic E-state index is 0.0530. The Balaban J connectivity index is 1.77. The molecule has 1 aromatic rings. The molecule has 21 heavy (non-hydrogen) atoms. The van der Waals surface area contributed by atoms with Crippen LogP contribution >= 0.6 is 0 Å². The zero-order valence-corrected chi connectivity index (χ0v) is 12.8. The van der Waals surface area contributed by atoms with Gasteiger partial charge >= 0.3 is 0 Å². The summed E-state index contributed by atoms with van der Waals surface area (Å²) in [5, 5.41) is 7.00. The zero-order valence-electron chi connectivity index (χ0n) is 12.0. The van der Waals surface area contributed by atoms with Crippen LogP contribution in [-0.2, 0) is 33.8 Å². The molecule has 0 aliphatic carbocycles. The van der Waals surface area contributed by atoms with Gasteiger partial charge in [0.1, 0.15) is 0 Å². The summed E-state index contributed by atoms with van der Waals surface area (Å²) in [5.41, 5.74) is 1.62. The van der Waals surface area contributed by atoms with Gasteiger partial charge in [0.05, 0.1) is 17.6 Å². The van der Waals surface area contributed by atoms with Crippen molar-refractivity contribution in [2.45, 2.75) is 31.1 Å². The third-order valence-corrected chi connectivity index (χ3v) is 5.57. The lowest BCUT2D eigenvalue weighted by Crippen LogP contribution is -2.33. The Kier molecular flexibility index (Phi) is 3.75. The first-order valence-electron chi connectivity index (χ1n) is 7.11. The van der Waals surface area contributed by atoms with E-state index in [1.54, 1.807) is 11.7 Å². The fourth-order valence-corrected chi connectivity index (χ4v) is 4.28. The van der Waals surface area contributed by atoms with Crippen LogP contribution in [0.5, 0.6) is 0 Å². The van der Waals surface area contributed by atoms with Crippen molar-refractivity contribution in [2.24, 2.45) is 7.05 Å². The molecular weight excluding hydrogens is 294 g/mol. The molecule has 1 saturated heterocycles. The molecule has 3 heterocycles. The van der Waals surface area contributed by atoms with Crippen molar-refractivity contribution in [3.8, 4) is 0 Å². The molecule has 3 rings (SSSR count). The van der Waals surface area contributed by atoms with E-state index < -0.39 is 9.84 Å². The van der Waals surface area contributed by atoms with E-state index in [0.29, 0.717) is 18.5 Å². The topological polar surface area (TPSA) is 90.3 Å². The minimum atomic E-state index is -3.13. The minimum Gasteiger partial charge on any atom is -0.376 e. The normalized spacial score (nSPS) is 23.8. The van der Waals surface area contributed by atoms with E-state index >= 15 is 0 Å². The molecule has 116 valence electrons. The maximum Gasteiger partial charge on any atom is 0.272 e. The molecule has 1 N–H and O–H groups in total. The molecule has 8 heteroatoms. The number of amides is 1. The quantitative estimate of drug-likeness (QED) is 0.834. The summed E-state index contributed by atoms with van der Waals surface area (Å²) >= 11 is 0. The first-order chi connectivity index (χ1) is 9.96. The monoisotopic (exact) mass is 313 g/mol. The highest BCUT2D eigenvalue weighted by atomic mass is 32.2. The zero-order chi connectivity index (χ0) is 15.0. The Morgan fingerprint density at radius 1 is 1.52 bits per heavy atom. The second kappa shape index (κ2) is 5.42. The number of sulfone groups is 1. The van der Waals surface area contributed by atoms with Gasteiger partial charge in [0.2, 0.25) is 0 Å². The van der Waals surface area contributed by atoms with E-state index in [1.165, 1.54) is 0 Å². The van der Waals surface area contributed by atoms with E-state index in [0.717, 1.165) is 25.1 Å². The second-order valence-corrected chi connectivity index (χ2v) is 7.77. The predicted octanol–water partition coefficient (Wildman–Crippen LogP) is -0.200. The van der Waals surface area contributed by atoms with E-state index in [2.05, 4.69) is 10.4 Å². The standard InChI is InChI=1S/C13H19N3O4S/c1-16-11-4-6-21(18,19)8-10(11)12(15-16)13(17)14-7-9-3-2-5-20-9/h9H,2-8H2,1H3,(H,14,17)/t9-/m0/s1. The Hall–Kier alpha value is -1.41. The molecule has 0 saturated carbocycles. The fraction of sp³-hybridized carbons (Fsp3) is 0.692. The number of hydrogen-bond donors (Lipinski definition) is 1. The van der Waals surface area contributed by atoms with Crippen LogP contribution in [0.2, 0.25) is 0 Å². The lowest BCUT2D eigenvalue weighted by atomic mass is 10.1. The van der Waals surface area contributed by atoms with Gasteiger partial charge in [-0.15, -0.1) is 0 Å². The molecule has 1 atom stereocenters. The van der Waals surface area contributed by atoms with Gasteiger partial charge in [-0.25, -0.2) is 8.42 Å². The smallest absolute Gasteiger partial charge is 0.272 e. The number of rotatable bonds is 3. The third kappa shape index (κ3) is 2.96. The molecule has 1 fully saturated rings. The van der Waals surface area contributed by atoms with Crippen molar-refractivity contribution in [2.75, 3.05) is 18.9 Å². The number of fused-ring (bicyclic) bond motifs is 1. The summed E-state index contributed by atoms with van der Waals surface area (Å²) < 4.78 is 30.6. The summed E-state index contributed by atoms with van der Waals surface area (Å²) in [7, 11) is -1.38. The van der Waals surface area contributed by atoms with Gasteiger partial charge in [0, 0.05) is 37.9 Å². The third-order valence-electron chi connectivity index (χ3n) is 4.02. The molecule has 0 bridgehead atoms. The van der Waals surface area contributed by atoms with E-state index in [9.17, 15) is 13.2 Å². The molecule has 1 aromatic heterocycles. The second-order valence-electron chi connectivity index (χ2n) is 5.58. The lowest BCUT2D eigenvalue weighted by Gasteiger charge is -2.14. The molecule has 7 nitrogen and oxygen atoms in total. The van der Waals surface area contributed by atoms with Gasteiger partial charge in [-0.05, 0) is 12.8 Å². The molecule has 0 aromatic carbocycles. The van der Waals surface area contributed by atoms with Crippen molar-refractivity contribution >= 4 is 15.7 Å². The van der Waals surface area contributed by atoms with Gasteiger partial charge < -0.3 is 10.1 Å². The number of aryl methyl sites for hydroxylation is 1. The molecular formula is C13H19N3O4S. The number of ether oxygens (including phenoxy) is 1. The summed E-state index contributed by atoms with van der Waals surface area (Å²) in [6.07, 6.45) is 2.42. The Labute approximate surface area is 123 Å². The number of nitrogens with one attached hydrogen (secondary N) is 1. The molecule has 0 unspecified atom stereocenters. The van der Waals surface area contributed by atoms with Crippen LogP contribution in [0.25, 0.3) is 0 Å². The molecule has 2 aliphatic rings. The Morgan fingerprint density at radius 2 is 2.33 bits per heavy atom. The van der Waals surface area contributed by atoms with Gasteiger partial charge in [0.25, 0.3) is 5.91 Å². The summed E-state index contributed by atoms with van der Waals surface area (Å²) in [6.45, 7) is 1.18. The number of aromatic nitrogens is 2. The molecule has 1 amide bonds. The highest BCUT2D eigenvalue weighted by Crippen LogP contribution is 2.23. The van der Waals surface area contributed by atoms with Gasteiger partial charge in [-0.3, -0.25) is 9.48 Å². The summed E-state index contributed by atoms with van der Waals surface area (Å²) in [5.74, 6) is -0.297. The number of nitrogens with zero attached hydrogens (tertiary/aromatic N) is 2. The average molecular weight is 313 g/mol. The van der Waals surface area contributed by atoms with Gasteiger partial charge in [-0.2, -0.15) is 5.10 Å². The highest BCUT2D eigenvalue weighted by Gasteiger charge is 2.30.